The Balaban J connectivity index is 2.24. The Kier molecular flexibility index (Phi) is 3.09. The number of hydrogen-bond donors (Lipinski definition) is 0. The summed E-state index contributed by atoms with van der Waals surface area (Å²) in [5, 5.41) is 11.5. The first-order valence-corrected chi connectivity index (χ1v) is 6.30. The third-order valence-electron chi connectivity index (χ3n) is 3.04. The van der Waals surface area contributed by atoms with Crippen LogP contribution in [-0.2, 0) is 6.18 Å². The average Bonchev–Trinajstić information content (AvgIpc) is 2.80. The van der Waals surface area contributed by atoms with Crippen molar-refractivity contribution in [3.8, 4) is 11.1 Å². The smallest absolute Gasteiger partial charge is 0.197 e. The number of alkyl halides is 3. The molecule has 0 saturated heterocycles. The maximum Gasteiger partial charge on any atom is 0.417 e. The van der Waals surface area contributed by atoms with Crippen LogP contribution in [0.1, 0.15) is 11.4 Å². The van der Waals surface area contributed by atoms with E-state index in [2.05, 4.69) is 15.3 Å². The van der Waals surface area contributed by atoms with E-state index in [0.29, 0.717) is 22.6 Å². The Morgan fingerprint density at radius 3 is 2.62 bits per heavy atom. The van der Waals surface area contributed by atoms with E-state index >= 15 is 0 Å². The lowest BCUT2D eigenvalue weighted by Crippen LogP contribution is -2.06. The lowest BCUT2D eigenvalue weighted by molar-refractivity contribution is -0.137. The van der Waals surface area contributed by atoms with Crippen molar-refractivity contribution in [2.45, 2.75) is 13.1 Å². The number of aromatic nitrogens is 4. The number of rotatable bonds is 1. The molecule has 0 bridgehead atoms. The van der Waals surface area contributed by atoms with Gasteiger partial charge in [-0.05, 0) is 30.7 Å². The molecular formula is C13H8ClF3N4. The normalized spacial score (nSPS) is 12.0. The molecule has 0 aliphatic carbocycles. The first-order valence-electron chi connectivity index (χ1n) is 5.92. The second-order valence-electron chi connectivity index (χ2n) is 4.42. The highest BCUT2D eigenvalue weighted by Crippen LogP contribution is 2.37. The molecule has 108 valence electrons. The molecule has 0 N–H and O–H groups in total. The van der Waals surface area contributed by atoms with Gasteiger partial charge in [-0.15, -0.1) is 10.2 Å². The van der Waals surface area contributed by atoms with Gasteiger partial charge in [0.25, 0.3) is 0 Å². The van der Waals surface area contributed by atoms with Gasteiger partial charge in [0.15, 0.2) is 11.5 Å². The fourth-order valence-corrected chi connectivity index (χ4v) is 2.27. The Morgan fingerprint density at radius 2 is 1.90 bits per heavy atom. The molecule has 3 aromatic rings. The molecule has 0 spiro atoms. The van der Waals surface area contributed by atoms with Gasteiger partial charge in [-0.3, -0.25) is 0 Å². The van der Waals surface area contributed by atoms with E-state index in [4.69, 9.17) is 11.6 Å². The number of nitrogens with zero attached hydrogens (tertiary/aromatic N) is 4. The minimum absolute atomic E-state index is 0.339. The second-order valence-corrected chi connectivity index (χ2v) is 4.83. The van der Waals surface area contributed by atoms with Crippen molar-refractivity contribution in [1.82, 2.24) is 19.8 Å². The summed E-state index contributed by atoms with van der Waals surface area (Å²) in [6, 6.07) is 5.32. The molecular weight excluding hydrogens is 305 g/mol. The zero-order valence-corrected chi connectivity index (χ0v) is 11.4. The lowest BCUT2D eigenvalue weighted by atomic mass is 10.0. The van der Waals surface area contributed by atoms with Crippen molar-refractivity contribution >= 4 is 17.2 Å². The van der Waals surface area contributed by atoms with E-state index in [0.717, 1.165) is 6.07 Å². The van der Waals surface area contributed by atoms with Crippen LogP contribution in [0.25, 0.3) is 16.8 Å². The number of aryl methyl sites for hydroxylation is 1. The Hall–Kier alpha value is -2.15. The van der Waals surface area contributed by atoms with Crippen molar-refractivity contribution < 1.29 is 13.2 Å². The predicted octanol–water partition coefficient (Wildman–Crippen LogP) is 3.77. The second kappa shape index (κ2) is 4.70. The van der Waals surface area contributed by atoms with Gasteiger partial charge in [0.1, 0.15) is 0 Å². The molecule has 0 unspecified atom stereocenters. The van der Waals surface area contributed by atoms with E-state index in [1.807, 2.05) is 0 Å². The molecule has 0 radical (unpaired) electrons. The zero-order chi connectivity index (χ0) is 15.2. The third kappa shape index (κ3) is 2.33. The minimum atomic E-state index is -4.51. The monoisotopic (exact) mass is 312 g/mol. The lowest BCUT2D eigenvalue weighted by Gasteiger charge is -2.11. The molecule has 0 aliphatic rings. The Morgan fingerprint density at radius 1 is 1.14 bits per heavy atom. The summed E-state index contributed by atoms with van der Waals surface area (Å²) in [5.74, 6) is 0.553. The molecule has 3 rings (SSSR count). The highest BCUT2D eigenvalue weighted by molar-refractivity contribution is 6.31. The third-order valence-corrected chi connectivity index (χ3v) is 3.37. The van der Waals surface area contributed by atoms with Crippen molar-refractivity contribution in [2.24, 2.45) is 0 Å². The standard InChI is InChI=1S/C13H8ClF3N4/c1-7-19-20-12-9(4-5-18-21(7)12)8-2-3-11(14)10(6-8)13(15,16)17/h2-6H,1H3. The van der Waals surface area contributed by atoms with E-state index < -0.39 is 11.7 Å². The van der Waals surface area contributed by atoms with Crippen molar-refractivity contribution in [3.63, 3.8) is 0 Å². The molecule has 8 heteroatoms. The van der Waals surface area contributed by atoms with Crippen LogP contribution in [0.15, 0.2) is 30.5 Å². The van der Waals surface area contributed by atoms with Crippen molar-refractivity contribution in [1.29, 1.82) is 0 Å². The van der Waals surface area contributed by atoms with E-state index in [1.54, 1.807) is 13.0 Å². The molecule has 1 aromatic carbocycles. The van der Waals surface area contributed by atoms with Gasteiger partial charge < -0.3 is 0 Å². The SMILES string of the molecule is Cc1nnc2c(-c3ccc(Cl)c(C(F)(F)F)c3)ccnn12. The molecule has 0 aliphatic heterocycles. The van der Waals surface area contributed by atoms with Gasteiger partial charge in [0, 0.05) is 11.8 Å². The number of halogens is 4. The van der Waals surface area contributed by atoms with Crippen LogP contribution < -0.4 is 0 Å². The van der Waals surface area contributed by atoms with Gasteiger partial charge >= 0.3 is 6.18 Å². The van der Waals surface area contributed by atoms with Crippen molar-refractivity contribution in [3.05, 3.63) is 46.9 Å². The number of hydrogen-bond acceptors (Lipinski definition) is 3. The molecule has 2 heterocycles. The summed E-state index contributed by atoms with van der Waals surface area (Å²) in [4.78, 5) is 0. The van der Waals surface area contributed by atoms with E-state index in [9.17, 15) is 13.2 Å². The summed E-state index contributed by atoms with van der Waals surface area (Å²) in [6.07, 6.45) is -3.03. The van der Waals surface area contributed by atoms with Gasteiger partial charge in [0.05, 0.1) is 10.6 Å². The fourth-order valence-electron chi connectivity index (χ4n) is 2.05. The van der Waals surface area contributed by atoms with Crippen LogP contribution in [0.4, 0.5) is 13.2 Å². The topological polar surface area (TPSA) is 43.1 Å². The predicted molar refractivity (Wildman–Crippen MR) is 71.0 cm³/mol. The molecule has 0 atom stereocenters. The molecule has 0 amide bonds. The van der Waals surface area contributed by atoms with Gasteiger partial charge in [-0.1, -0.05) is 17.7 Å². The molecule has 2 aromatic heterocycles. The minimum Gasteiger partial charge on any atom is -0.197 e. The maximum atomic E-state index is 12.9. The van der Waals surface area contributed by atoms with Gasteiger partial charge in [-0.2, -0.15) is 22.8 Å². The largest absolute Gasteiger partial charge is 0.417 e. The van der Waals surface area contributed by atoms with E-state index in [1.165, 1.54) is 22.8 Å². The summed E-state index contributed by atoms with van der Waals surface area (Å²) < 4.78 is 40.3. The highest BCUT2D eigenvalue weighted by Gasteiger charge is 2.33. The molecule has 0 saturated carbocycles. The quantitative estimate of drug-likeness (QED) is 0.687. The van der Waals surface area contributed by atoms with Crippen LogP contribution >= 0.6 is 11.6 Å². The van der Waals surface area contributed by atoms with Crippen LogP contribution in [0.5, 0.6) is 0 Å². The Bertz CT molecular complexity index is 826. The summed E-state index contributed by atoms with van der Waals surface area (Å²) in [5.41, 5.74) is 0.373. The first kappa shape index (κ1) is 13.8. The fraction of sp³-hybridized carbons (Fsp3) is 0.154. The number of benzene rings is 1. The first-order chi connectivity index (χ1) is 9.88. The van der Waals surface area contributed by atoms with E-state index in [-0.39, 0.29) is 5.02 Å². The average molecular weight is 313 g/mol. The molecule has 0 fully saturated rings. The van der Waals surface area contributed by atoms with Crippen LogP contribution in [-0.4, -0.2) is 19.8 Å². The highest BCUT2D eigenvalue weighted by atomic mass is 35.5. The van der Waals surface area contributed by atoms with Crippen LogP contribution in [0.2, 0.25) is 5.02 Å². The number of fused-ring (bicyclic) bond motifs is 1. The van der Waals surface area contributed by atoms with Gasteiger partial charge in [0.2, 0.25) is 0 Å². The molecule has 4 nitrogen and oxygen atoms in total. The van der Waals surface area contributed by atoms with Crippen LogP contribution in [0.3, 0.4) is 0 Å². The van der Waals surface area contributed by atoms with Gasteiger partial charge in [-0.25, -0.2) is 0 Å². The molecule has 21 heavy (non-hydrogen) atoms. The van der Waals surface area contributed by atoms with Crippen molar-refractivity contribution in [2.75, 3.05) is 0 Å². The summed E-state index contributed by atoms with van der Waals surface area (Å²) >= 11 is 5.63. The summed E-state index contributed by atoms with van der Waals surface area (Å²) in [7, 11) is 0. The summed E-state index contributed by atoms with van der Waals surface area (Å²) in [6.45, 7) is 1.71. The maximum absolute atomic E-state index is 12.9. The van der Waals surface area contributed by atoms with Crippen LogP contribution in [0, 0.1) is 6.92 Å². The zero-order valence-electron chi connectivity index (χ0n) is 10.7. The Labute approximate surface area is 122 Å².